The van der Waals surface area contributed by atoms with Crippen molar-refractivity contribution >= 4 is 0 Å². The van der Waals surface area contributed by atoms with Gasteiger partial charge in [0, 0.05) is 11.1 Å². The van der Waals surface area contributed by atoms with Gasteiger partial charge in [0.25, 0.3) is 0 Å². The van der Waals surface area contributed by atoms with Crippen molar-refractivity contribution in [2.75, 3.05) is 6.54 Å². The number of rotatable bonds is 34. The number of hydrogen-bond donors (Lipinski definition) is 0. The van der Waals surface area contributed by atoms with Crippen LogP contribution in [0, 0.1) is 5.92 Å². The summed E-state index contributed by atoms with van der Waals surface area (Å²) in [6, 6.07) is 0. The van der Waals surface area contributed by atoms with Crippen LogP contribution in [0.25, 0.3) is 0 Å². The summed E-state index contributed by atoms with van der Waals surface area (Å²) in [7, 11) is 0. The number of hydrogen-bond acceptors (Lipinski definition) is 1. The Labute approximate surface area is 294 Å². The lowest BCUT2D eigenvalue weighted by Gasteiger charge is -2.57. The second kappa shape index (κ2) is 29.8. The van der Waals surface area contributed by atoms with Crippen molar-refractivity contribution in [3.8, 4) is 0 Å². The van der Waals surface area contributed by atoms with Crippen molar-refractivity contribution < 1.29 is 0 Å². The lowest BCUT2D eigenvalue weighted by Crippen LogP contribution is -2.62. The molecule has 0 amide bonds. The molecule has 1 rings (SSSR count). The van der Waals surface area contributed by atoms with Gasteiger partial charge in [-0.15, -0.1) is 0 Å². The van der Waals surface area contributed by atoms with E-state index in [1.807, 2.05) is 0 Å². The third-order valence-electron chi connectivity index (χ3n) is 12.2. The molecule has 0 bridgehead atoms. The second-order valence-electron chi connectivity index (χ2n) is 17.2. The maximum atomic E-state index is 2.95. The molecule has 0 spiro atoms. The molecule has 1 atom stereocenters. The molecule has 0 saturated carbocycles. The van der Waals surface area contributed by atoms with Crippen LogP contribution in [-0.2, 0) is 0 Å². The number of nitrogens with zero attached hydrogens (tertiary/aromatic N) is 1. The lowest BCUT2D eigenvalue weighted by molar-refractivity contribution is -0.0685. The highest BCUT2D eigenvalue weighted by molar-refractivity contribution is 5.01. The zero-order chi connectivity index (χ0) is 33.6. The Morgan fingerprint density at radius 3 is 1.00 bits per heavy atom. The van der Waals surface area contributed by atoms with Gasteiger partial charge in [0.05, 0.1) is 0 Å². The standard InChI is InChI=1S/C45H91N/c1-7-9-11-13-15-17-19-21-23-25-27-29-31-33-35-37-39-43-40-41-44(3,4)46(45(43,5)6)42-38-36-34-32-30-28-26-24-22-20-18-16-14-12-10-8-2/h43H,7-42H2,1-6H3. The molecule has 1 aliphatic rings. The van der Waals surface area contributed by atoms with Crippen molar-refractivity contribution in [3.05, 3.63) is 0 Å². The molecule has 1 fully saturated rings. The molecule has 1 unspecified atom stereocenters. The van der Waals surface area contributed by atoms with E-state index in [1.165, 1.54) is 231 Å². The normalized spacial score (nSPS) is 18.0. The first-order valence-corrected chi connectivity index (χ1v) is 22.1. The maximum Gasteiger partial charge on any atom is 0.0186 e. The molecule has 0 aromatic heterocycles. The Morgan fingerprint density at radius 2 is 0.674 bits per heavy atom. The maximum absolute atomic E-state index is 2.95. The van der Waals surface area contributed by atoms with Crippen LogP contribution in [0.4, 0.5) is 0 Å². The number of piperidine rings is 1. The molecule has 276 valence electrons. The third kappa shape index (κ3) is 22.6. The van der Waals surface area contributed by atoms with Crippen LogP contribution in [0.1, 0.15) is 266 Å². The van der Waals surface area contributed by atoms with Gasteiger partial charge in [0.2, 0.25) is 0 Å². The van der Waals surface area contributed by atoms with E-state index >= 15 is 0 Å². The number of likely N-dealkylation sites (tertiary alicyclic amines) is 1. The Bertz CT molecular complexity index is 620. The molecular formula is C45H91N. The smallest absolute Gasteiger partial charge is 0.0186 e. The first-order valence-electron chi connectivity index (χ1n) is 22.1. The van der Waals surface area contributed by atoms with Gasteiger partial charge >= 0.3 is 0 Å². The highest BCUT2D eigenvalue weighted by Gasteiger charge is 2.45. The average molecular weight is 646 g/mol. The van der Waals surface area contributed by atoms with Gasteiger partial charge < -0.3 is 0 Å². The first-order chi connectivity index (χ1) is 22.4. The van der Waals surface area contributed by atoms with Crippen LogP contribution in [0.2, 0.25) is 0 Å². The van der Waals surface area contributed by atoms with Gasteiger partial charge in [-0.25, -0.2) is 0 Å². The summed E-state index contributed by atoms with van der Waals surface area (Å²) in [5.41, 5.74) is 0.719. The quantitative estimate of drug-likeness (QED) is 0.0629. The van der Waals surface area contributed by atoms with E-state index in [0.29, 0.717) is 11.1 Å². The molecule has 0 aliphatic carbocycles. The van der Waals surface area contributed by atoms with E-state index in [1.54, 1.807) is 0 Å². The van der Waals surface area contributed by atoms with Gasteiger partial charge in [0.15, 0.2) is 0 Å². The van der Waals surface area contributed by atoms with Crippen LogP contribution in [0.3, 0.4) is 0 Å². The Balaban J connectivity index is 2.04. The van der Waals surface area contributed by atoms with Crippen molar-refractivity contribution in [1.29, 1.82) is 0 Å². The minimum atomic E-state index is 0.354. The van der Waals surface area contributed by atoms with Crippen LogP contribution < -0.4 is 0 Å². The minimum Gasteiger partial charge on any atom is -0.293 e. The van der Waals surface area contributed by atoms with Gasteiger partial charge in [0.1, 0.15) is 0 Å². The summed E-state index contributed by atoms with van der Waals surface area (Å²) in [6.45, 7) is 16.2. The number of unbranched alkanes of at least 4 members (excludes halogenated alkanes) is 30. The molecule has 0 N–H and O–H groups in total. The van der Waals surface area contributed by atoms with Gasteiger partial charge in [-0.05, 0) is 65.8 Å². The van der Waals surface area contributed by atoms with E-state index < -0.39 is 0 Å². The largest absolute Gasteiger partial charge is 0.293 e. The van der Waals surface area contributed by atoms with Crippen LogP contribution in [-0.4, -0.2) is 22.5 Å². The predicted molar refractivity (Wildman–Crippen MR) is 211 cm³/mol. The second-order valence-corrected chi connectivity index (χ2v) is 17.2. The zero-order valence-corrected chi connectivity index (χ0v) is 33.5. The molecule has 0 aromatic carbocycles. The van der Waals surface area contributed by atoms with E-state index in [2.05, 4.69) is 46.4 Å². The predicted octanol–water partition coefficient (Wildman–Crippen LogP) is 16.2. The molecule has 0 aromatic rings. The van der Waals surface area contributed by atoms with Crippen molar-refractivity contribution in [2.45, 2.75) is 277 Å². The third-order valence-corrected chi connectivity index (χ3v) is 12.2. The van der Waals surface area contributed by atoms with Crippen molar-refractivity contribution in [1.82, 2.24) is 4.90 Å². The molecule has 0 radical (unpaired) electrons. The SMILES string of the molecule is CCCCCCCCCCCCCCCCCCC1CCC(C)(C)N(CCCCCCCCCCCCCCCCCC)C1(C)C. The summed E-state index contributed by atoms with van der Waals surface area (Å²) in [5, 5.41) is 0. The van der Waals surface area contributed by atoms with Crippen LogP contribution in [0.15, 0.2) is 0 Å². The summed E-state index contributed by atoms with van der Waals surface area (Å²) < 4.78 is 0. The summed E-state index contributed by atoms with van der Waals surface area (Å²) in [5.74, 6) is 0.883. The molecule has 1 heterocycles. The van der Waals surface area contributed by atoms with E-state index in [9.17, 15) is 0 Å². The van der Waals surface area contributed by atoms with E-state index in [4.69, 9.17) is 0 Å². The highest BCUT2D eigenvalue weighted by Crippen LogP contribution is 2.44. The molecule has 1 saturated heterocycles. The molecule has 1 aliphatic heterocycles. The van der Waals surface area contributed by atoms with Crippen molar-refractivity contribution in [3.63, 3.8) is 0 Å². The molecular weight excluding hydrogens is 555 g/mol. The monoisotopic (exact) mass is 646 g/mol. The minimum absolute atomic E-state index is 0.354. The Kier molecular flexibility index (Phi) is 28.5. The van der Waals surface area contributed by atoms with Gasteiger partial charge in [-0.2, -0.15) is 0 Å². The molecule has 46 heavy (non-hydrogen) atoms. The van der Waals surface area contributed by atoms with Gasteiger partial charge in [-0.3, -0.25) is 4.90 Å². The lowest BCUT2D eigenvalue weighted by atomic mass is 9.70. The Hall–Kier alpha value is -0.0400. The summed E-state index contributed by atoms with van der Waals surface area (Å²) in [6.07, 6.45) is 51.1. The fourth-order valence-electron chi connectivity index (χ4n) is 8.86. The summed E-state index contributed by atoms with van der Waals surface area (Å²) in [4.78, 5) is 2.95. The van der Waals surface area contributed by atoms with E-state index in [0.717, 1.165) is 5.92 Å². The topological polar surface area (TPSA) is 3.24 Å². The van der Waals surface area contributed by atoms with Crippen LogP contribution >= 0.6 is 0 Å². The zero-order valence-electron chi connectivity index (χ0n) is 33.5. The highest BCUT2D eigenvalue weighted by atomic mass is 15.3. The average Bonchev–Trinajstić information content (AvgIpc) is 3.02. The first kappa shape index (κ1) is 44.0. The van der Waals surface area contributed by atoms with Crippen LogP contribution in [0.5, 0.6) is 0 Å². The molecule has 1 heteroatoms. The van der Waals surface area contributed by atoms with Gasteiger partial charge in [-0.1, -0.05) is 213 Å². The van der Waals surface area contributed by atoms with Crippen molar-refractivity contribution in [2.24, 2.45) is 5.92 Å². The fourth-order valence-corrected chi connectivity index (χ4v) is 8.86. The Morgan fingerprint density at radius 1 is 0.391 bits per heavy atom. The summed E-state index contributed by atoms with van der Waals surface area (Å²) >= 11 is 0. The van der Waals surface area contributed by atoms with E-state index in [-0.39, 0.29) is 0 Å². The molecule has 1 nitrogen and oxygen atoms in total. The fraction of sp³-hybridized carbons (Fsp3) is 1.00.